The van der Waals surface area contributed by atoms with Crippen molar-refractivity contribution in [3.8, 4) is 11.8 Å². The lowest BCUT2D eigenvalue weighted by atomic mass is 9.99. The summed E-state index contributed by atoms with van der Waals surface area (Å²) in [6.45, 7) is -1.08. The summed E-state index contributed by atoms with van der Waals surface area (Å²) in [5.74, 6) is -0.762. The van der Waals surface area contributed by atoms with Crippen molar-refractivity contribution in [1.29, 1.82) is 0 Å². The number of rotatable bonds is 8. The average molecular weight is 518 g/mol. The van der Waals surface area contributed by atoms with Gasteiger partial charge in [0.2, 0.25) is 11.7 Å². The van der Waals surface area contributed by atoms with Crippen LogP contribution in [0, 0.1) is 10.1 Å². The van der Waals surface area contributed by atoms with Crippen molar-refractivity contribution in [1.82, 2.24) is 19.9 Å². The summed E-state index contributed by atoms with van der Waals surface area (Å²) in [4.78, 5) is 28.7. The lowest BCUT2D eigenvalue weighted by Gasteiger charge is -2.35. The van der Waals surface area contributed by atoms with Crippen LogP contribution in [-0.2, 0) is 0 Å². The summed E-state index contributed by atoms with van der Waals surface area (Å²) in [5.41, 5.74) is 2.73. The molecular weight excluding hydrogens is 497 g/mol. The second-order valence-electron chi connectivity index (χ2n) is 7.95. The molecular formula is C22H21F3N8O4. The summed E-state index contributed by atoms with van der Waals surface area (Å²) in [6.07, 6.45) is 0.579. The zero-order valence-electron chi connectivity index (χ0n) is 19.2. The zero-order valence-corrected chi connectivity index (χ0v) is 19.2. The number of ether oxygens (including phenoxy) is 1. The Morgan fingerprint density at radius 2 is 2.05 bits per heavy atom. The number of nitrogens with zero attached hydrogens (tertiary/aromatic N) is 7. The zero-order chi connectivity index (χ0) is 26.4. The highest BCUT2D eigenvalue weighted by atomic mass is 19.4. The number of aromatic hydroxyl groups is 1. The second kappa shape index (κ2) is 11.0. The van der Waals surface area contributed by atoms with E-state index in [2.05, 4.69) is 30.5 Å². The standard InChI is InChI=1S/C22H21F3N8O4/c23-22(24,25)13-37-21-29-19(31-27-12-14-6-5-9-17(18(14)34)33(35)36)28-20(30-21)32-11-4-2-8-16(32)15-7-1-3-10-26-15/h1,3,5-7,9-10,12,16,34H,2,4,8,11,13H2,(H,28,29,30,31)/b27-12+. The molecule has 3 aromatic rings. The molecule has 1 fully saturated rings. The molecule has 3 heterocycles. The molecule has 15 heteroatoms. The number of anilines is 2. The number of pyridine rings is 1. The summed E-state index contributed by atoms with van der Waals surface area (Å²) < 4.78 is 43.1. The van der Waals surface area contributed by atoms with E-state index in [0.29, 0.717) is 6.54 Å². The van der Waals surface area contributed by atoms with E-state index < -0.39 is 35.2 Å². The van der Waals surface area contributed by atoms with Crippen LogP contribution in [0.2, 0.25) is 0 Å². The lowest BCUT2D eigenvalue weighted by Crippen LogP contribution is -2.35. The van der Waals surface area contributed by atoms with Gasteiger partial charge in [-0.25, -0.2) is 5.43 Å². The average Bonchev–Trinajstić information content (AvgIpc) is 2.88. The van der Waals surface area contributed by atoms with Crippen molar-refractivity contribution in [3.05, 3.63) is 64.0 Å². The number of nitrogens with one attached hydrogen (secondary N) is 1. The molecule has 1 aliphatic rings. The SMILES string of the molecule is O=[N+]([O-])c1cccc(/C=N/Nc2nc(OCC(F)(F)F)nc(N3CCCCC3c3ccccn3)n2)c1O. The van der Waals surface area contributed by atoms with E-state index in [0.717, 1.165) is 37.2 Å². The Balaban J connectivity index is 1.63. The van der Waals surface area contributed by atoms with Crippen LogP contribution in [-0.4, -0.2) is 55.5 Å². The predicted molar refractivity (Wildman–Crippen MR) is 126 cm³/mol. The number of benzene rings is 1. The lowest BCUT2D eigenvalue weighted by molar-refractivity contribution is -0.385. The first-order chi connectivity index (χ1) is 17.7. The summed E-state index contributed by atoms with van der Waals surface area (Å²) >= 11 is 0. The fourth-order valence-corrected chi connectivity index (χ4v) is 3.75. The van der Waals surface area contributed by atoms with E-state index >= 15 is 0 Å². The van der Waals surface area contributed by atoms with E-state index in [1.54, 1.807) is 12.3 Å². The molecule has 1 atom stereocenters. The van der Waals surface area contributed by atoms with Crippen LogP contribution in [0.4, 0.5) is 30.8 Å². The molecule has 4 rings (SSSR count). The Kier molecular flexibility index (Phi) is 7.60. The molecule has 0 saturated carbocycles. The Morgan fingerprint density at radius 1 is 1.22 bits per heavy atom. The van der Waals surface area contributed by atoms with Crippen LogP contribution in [0.5, 0.6) is 11.8 Å². The van der Waals surface area contributed by atoms with Gasteiger partial charge in [0.25, 0.3) is 5.95 Å². The molecule has 0 amide bonds. The van der Waals surface area contributed by atoms with Crippen molar-refractivity contribution in [2.24, 2.45) is 5.10 Å². The van der Waals surface area contributed by atoms with Crippen molar-refractivity contribution in [2.75, 3.05) is 23.5 Å². The van der Waals surface area contributed by atoms with Crippen LogP contribution < -0.4 is 15.1 Å². The molecule has 12 nitrogen and oxygen atoms in total. The quantitative estimate of drug-likeness (QED) is 0.254. The molecule has 1 aromatic carbocycles. The number of phenols is 1. The number of aromatic nitrogens is 4. The number of nitro benzene ring substituents is 1. The fourth-order valence-electron chi connectivity index (χ4n) is 3.75. The minimum absolute atomic E-state index is 0.0239. The first kappa shape index (κ1) is 25.5. The third kappa shape index (κ3) is 6.56. The van der Waals surface area contributed by atoms with Gasteiger partial charge in [0, 0.05) is 24.4 Å². The van der Waals surface area contributed by atoms with Crippen LogP contribution in [0.3, 0.4) is 0 Å². The summed E-state index contributed by atoms with van der Waals surface area (Å²) in [6, 6.07) is 8.55. The number of alkyl halides is 3. The minimum Gasteiger partial charge on any atom is -0.502 e. The predicted octanol–water partition coefficient (Wildman–Crippen LogP) is 4.00. The molecule has 37 heavy (non-hydrogen) atoms. The van der Waals surface area contributed by atoms with Gasteiger partial charge in [-0.15, -0.1) is 0 Å². The van der Waals surface area contributed by atoms with E-state index in [1.165, 1.54) is 12.1 Å². The van der Waals surface area contributed by atoms with Crippen molar-refractivity contribution in [2.45, 2.75) is 31.5 Å². The maximum atomic E-state index is 12.8. The Hall–Kier alpha value is -4.56. The van der Waals surface area contributed by atoms with Crippen LogP contribution in [0.15, 0.2) is 47.7 Å². The topological polar surface area (TPSA) is 152 Å². The van der Waals surface area contributed by atoms with E-state index in [4.69, 9.17) is 4.74 Å². The fraction of sp³-hybridized carbons (Fsp3) is 0.318. The first-order valence-electron chi connectivity index (χ1n) is 11.1. The molecule has 1 unspecified atom stereocenters. The number of nitro groups is 1. The minimum atomic E-state index is -4.61. The molecule has 1 aliphatic heterocycles. The Bertz CT molecular complexity index is 1280. The van der Waals surface area contributed by atoms with Crippen LogP contribution >= 0.6 is 0 Å². The number of halogens is 3. The molecule has 2 aromatic heterocycles. The van der Waals surface area contributed by atoms with Crippen molar-refractivity contribution >= 4 is 23.8 Å². The summed E-state index contributed by atoms with van der Waals surface area (Å²) in [5, 5.41) is 24.9. The highest BCUT2D eigenvalue weighted by Gasteiger charge is 2.31. The number of para-hydroxylation sites is 1. The number of hydrazone groups is 1. The van der Waals surface area contributed by atoms with Gasteiger partial charge in [-0.3, -0.25) is 15.1 Å². The van der Waals surface area contributed by atoms with Gasteiger partial charge in [0.1, 0.15) is 0 Å². The van der Waals surface area contributed by atoms with Gasteiger partial charge in [-0.1, -0.05) is 12.1 Å². The normalized spacial score (nSPS) is 16.1. The number of piperidine rings is 1. The van der Waals surface area contributed by atoms with Gasteiger partial charge in [-0.05, 0) is 37.5 Å². The van der Waals surface area contributed by atoms with Gasteiger partial charge < -0.3 is 14.7 Å². The van der Waals surface area contributed by atoms with E-state index in [1.807, 2.05) is 17.0 Å². The third-order valence-electron chi connectivity index (χ3n) is 5.37. The van der Waals surface area contributed by atoms with Gasteiger partial charge in [-0.2, -0.15) is 33.2 Å². The maximum Gasteiger partial charge on any atom is 0.422 e. The van der Waals surface area contributed by atoms with Gasteiger partial charge in [0.05, 0.1) is 22.9 Å². The van der Waals surface area contributed by atoms with Gasteiger partial charge >= 0.3 is 17.9 Å². The van der Waals surface area contributed by atoms with Gasteiger partial charge in [0.15, 0.2) is 6.61 Å². The molecule has 1 saturated heterocycles. The number of hydrogen-bond donors (Lipinski definition) is 2. The van der Waals surface area contributed by atoms with Crippen molar-refractivity contribution < 1.29 is 27.9 Å². The Morgan fingerprint density at radius 3 is 2.78 bits per heavy atom. The van der Waals surface area contributed by atoms with E-state index in [9.17, 15) is 28.4 Å². The molecule has 0 radical (unpaired) electrons. The van der Waals surface area contributed by atoms with Crippen LogP contribution in [0.1, 0.15) is 36.6 Å². The second-order valence-corrected chi connectivity index (χ2v) is 7.95. The smallest absolute Gasteiger partial charge is 0.422 e. The van der Waals surface area contributed by atoms with E-state index in [-0.39, 0.29) is 23.5 Å². The largest absolute Gasteiger partial charge is 0.502 e. The molecule has 0 aliphatic carbocycles. The highest BCUT2D eigenvalue weighted by molar-refractivity contribution is 5.85. The molecule has 2 N–H and O–H groups in total. The molecule has 0 bridgehead atoms. The molecule has 194 valence electrons. The van der Waals surface area contributed by atoms with Crippen LogP contribution in [0.25, 0.3) is 0 Å². The monoisotopic (exact) mass is 518 g/mol. The Labute approximate surface area is 208 Å². The highest BCUT2D eigenvalue weighted by Crippen LogP contribution is 2.33. The molecule has 0 spiro atoms. The maximum absolute atomic E-state index is 12.8. The number of hydrogen-bond acceptors (Lipinski definition) is 11. The third-order valence-corrected chi connectivity index (χ3v) is 5.37. The first-order valence-corrected chi connectivity index (χ1v) is 11.1. The van der Waals surface area contributed by atoms with Crippen molar-refractivity contribution in [3.63, 3.8) is 0 Å². The summed E-state index contributed by atoms with van der Waals surface area (Å²) in [7, 11) is 0. The number of phenolic OH excluding ortho intramolecular Hbond substituents is 1.